The maximum atomic E-state index is 13.5. The van der Waals surface area contributed by atoms with E-state index in [9.17, 15) is 75.4 Å². The summed E-state index contributed by atoms with van der Waals surface area (Å²) in [5.41, 5.74) is 3.21. The van der Waals surface area contributed by atoms with Gasteiger partial charge in [-0.3, -0.25) is 4.79 Å². The quantitative estimate of drug-likeness (QED) is 0.0345. The molecular formula is C61H69CaClF2N6O16S2. The average Bonchev–Trinajstić information content (AvgIpc) is 1.14. The van der Waals surface area contributed by atoms with Crippen molar-refractivity contribution in [2.45, 2.75) is 109 Å². The molecule has 0 fully saturated rings. The third-order valence-electron chi connectivity index (χ3n) is 12.7. The molecule has 0 amide bonds. The summed E-state index contributed by atoms with van der Waals surface area (Å²) in [6.45, 7) is 10.3. The molecule has 2 aromatic heterocycles. The van der Waals surface area contributed by atoms with E-state index in [1.165, 1.54) is 101 Å². The van der Waals surface area contributed by atoms with E-state index in [2.05, 4.69) is 19.9 Å². The van der Waals surface area contributed by atoms with Gasteiger partial charge in [0.25, 0.3) is 0 Å². The molecular weight excluding hydrogens is 1250 g/mol. The average molecular weight is 1320 g/mol. The smallest absolute Gasteiger partial charge is 0.550 e. The van der Waals surface area contributed by atoms with Crippen LogP contribution in [0.2, 0.25) is 5.02 Å². The van der Waals surface area contributed by atoms with Crippen molar-refractivity contribution in [2.75, 3.05) is 35.2 Å². The summed E-state index contributed by atoms with van der Waals surface area (Å²) >= 11 is 5.79. The van der Waals surface area contributed by atoms with Crippen LogP contribution in [0.15, 0.2) is 109 Å². The van der Waals surface area contributed by atoms with E-state index in [0.29, 0.717) is 66.9 Å². The van der Waals surface area contributed by atoms with Crippen LogP contribution < -0.4 is 23.6 Å². The van der Waals surface area contributed by atoms with Crippen molar-refractivity contribution in [2.24, 2.45) is 0 Å². The number of ether oxygens (including phenoxy) is 1. The Morgan fingerprint density at radius 2 is 0.944 bits per heavy atom. The van der Waals surface area contributed by atoms with Crippen molar-refractivity contribution in [1.29, 1.82) is 0 Å². The van der Waals surface area contributed by atoms with Gasteiger partial charge in [-0.1, -0.05) is 63.6 Å². The van der Waals surface area contributed by atoms with Gasteiger partial charge >= 0.3 is 43.7 Å². The second-order valence-corrected chi connectivity index (χ2v) is 25.7. The summed E-state index contributed by atoms with van der Waals surface area (Å²) in [5, 5.41) is 70.7. The Labute approximate surface area is 550 Å². The number of carboxylic acid groups (broad SMARTS) is 3. The zero-order valence-electron chi connectivity index (χ0n) is 50.4. The summed E-state index contributed by atoms with van der Waals surface area (Å²) in [4.78, 5) is 62.2. The minimum absolute atomic E-state index is 0. The van der Waals surface area contributed by atoms with Gasteiger partial charge in [0.15, 0.2) is 11.4 Å². The topological polar surface area (TPSA) is 351 Å². The number of anilines is 2. The molecule has 28 heteroatoms. The molecule has 474 valence electrons. The first-order chi connectivity index (χ1) is 40.9. The van der Waals surface area contributed by atoms with Crippen LogP contribution in [0.25, 0.3) is 34.7 Å². The Balaban J connectivity index is 0.000000354. The first kappa shape index (κ1) is 76.4. The standard InChI is InChI=1S/2C22H28FN3O6S.C17H15ClO4.Ca/c2*1-13(2)20-18(10-9-16(27)11-17(28)12-19(29)30)21(14-5-7-15(23)8-6-14)25-22(24-20)26(3)33(4,31)32;1-17(2,16(20)21)22-14-9-5-12(6-10-14)15(19)11-3-7-13(18)8-4-11;/h2*5-10,13,16-17,27-28H,11-12H2,1-4H3,(H,29,30);3-10H,1-2H3,(H,20,21);/q;;;+2/p-2/b2*10-9+;;/t2*16-,17-;;/m11../s1. The zero-order chi connectivity index (χ0) is 66.2. The Bertz CT molecular complexity index is 3520. The Morgan fingerprint density at radius 3 is 1.25 bits per heavy atom. The molecule has 22 nitrogen and oxygen atoms in total. The third-order valence-corrected chi connectivity index (χ3v) is 15.3. The molecule has 0 bridgehead atoms. The molecule has 89 heavy (non-hydrogen) atoms. The van der Waals surface area contributed by atoms with Gasteiger partial charge in [0.05, 0.1) is 59.7 Å². The summed E-state index contributed by atoms with van der Waals surface area (Å²) in [6, 6.07) is 23.9. The van der Waals surface area contributed by atoms with Gasteiger partial charge in [0, 0.05) is 90.1 Å². The van der Waals surface area contributed by atoms with Crippen molar-refractivity contribution in [3.63, 3.8) is 0 Å². The van der Waals surface area contributed by atoms with E-state index < -0.39 is 92.4 Å². The van der Waals surface area contributed by atoms with E-state index in [-0.39, 0.29) is 80.1 Å². The van der Waals surface area contributed by atoms with Gasteiger partial charge in [-0.2, -0.15) is 0 Å². The number of benzene rings is 4. The molecule has 0 aliphatic carbocycles. The molecule has 6 aromatic rings. The van der Waals surface area contributed by atoms with E-state index in [1.807, 2.05) is 27.7 Å². The monoisotopic (exact) mass is 1320 g/mol. The fourth-order valence-corrected chi connectivity index (χ4v) is 8.74. The number of ketones is 1. The van der Waals surface area contributed by atoms with Crippen LogP contribution >= 0.6 is 11.6 Å². The second-order valence-electron chi connectivity index (χ2n) is 21.2. The van der Waals surface area contributed by atoms with Crippen LogP contribution in [0.4, 0.5) is 20.7 Å². The number of carbonyl (C=O) groups is 4. The van der Waals surface area contributed by atoms with Crippen molar-refractivity contribution in [3.8, 4) is 28.3 Å². The number of aliphatic carboxylic acids is 3. The number of nitrogens with zero attached hydrogens (tertiary/aromatic N) is 6. The largest absolute Gasteiger partial charge is 2.00 e. The normalized spacial score (nSPS) is 13.1. The first-order valence-electron chi connectivity index (χ1n) is 26.9. The zero-order valence-corrected chi connectivity index (χ0v) is 55.0. The number of aliphatic hydroxyl groups is 4. The summed E-state index contributed by atoms with van der Waals surface area (Å²) in [5.74, 6) is -5.09. The fourth-order valence-electron chi connectivity index (χ4n) is 7.85. The van der Waals surface area contributed by atoms with Crippen LogP contribution in [0.1, 0.15) is 117 Å². The maximum absolute atomic E-state index is 13.5. The number of hydrogen-bond donors (Lipinski definition) is 5. The molecule has 0 saturated heterocycles. The predicted octanol–water partition coefficient (Wildman–Crippen LogP) is 5.57. The number of rotatable bonds is 25. The van der Waals surface area contributed by atoms with Gasteiger partial charge in [-0.05, 0) is 123 Å². The SMILES string of the molecule is CC(C)(Oc1ccc(C(=O)c2ccc(Cl)cc2)cc1)C(=O)O.CC(C)c1nc(N(C)S(C)(=O)=O)nc(-c2ccc(F)cc2)c1/C=C/[C@@H](O)C[C@@H](O)CC(=O)[O-].CC(C)c1nc(N(C)S(C)(=O)=O)nc(-c2ccc(F)cc2)c1/C=C/[C@@H](O)C[C@@H](O)CC(=O)[O-].[Ca+2]. The fraction of sp³-hybridized carbons (Fsp3) is 0.344. The van der Waals surface area contributed by atoms with Gasteiger partial charge in [0.1, 0.15) is 17.4 Å². The number of carbonyl (C=O) groups excluding carboxylic acids is 3. The van der Waals surface area contributed by atoms with E-state index in [4.69, 9.17) is 21.4 Å². The van der Waals surface area contributed by atoms with Gasteiger partial charge in [-0.15, -0.1) is 0 Å². The van der Waals surface area contributed by atoms with Gasteiger partial charge in [-0.25, -0.2) is 59.0 Å². The van der Waals surface area contributed by atoms with E-state index in [1.54, 1.807) is 48.5 Å². The summed E-state index contributed by atoms with van der Waals surface area (Å²) < 4.78 is 82.5. The van der Waals surface area contributed by atoms with Crippen molar-refractivity contribution in [1.82, 2.24) is 19.9 Å². The molecule has 0 aliphatic rings. The van der Waals surface area contributed by atoms with Crippen LogP contribution in [0.5, 0.6) is 5.75 Å². The molecule has 4 atom stereocenters. The molecule has 0 unspecified atom stereocenters. The minimum Gasteiger partial charge on any atom is -0.550 e. The van der Waals surface area contributed by atoms with Crippen molar-refractivity contribution < 1.29 is 85.3 Å². The van der Waals surface area contributed by atoms with Gasteiger partial charge in [0.2, 0.25) is 31.9 Å². The van der Waals surface area contributed by atoms with Crippen LogP contribution in [0, 0.1) is 11.6 Å². The molecule has 5 N–H and O–H groups in total. The van der Waals surface area contributed by atoms with Crippen LogP contribution in [-0.2, 0) is 34.4 Å². The third kappa shape index (κ3) is 23.8. The molecule has 2 heterocycles. The number of aliphatic hydroxyl groups excluding tert-OH is 4. The minimum atomic E-state index is -3.66. The number of carboxylic acids is 3. The van der Waals surface area contributed by atoms with E-state index >= 15 is 0 Å². The molecule has 0 saturated carbocycles. The number of halogens is 3. The molecule has 6 rings (SSSR count). The van der Waals surface area contributed by atoms with E-state index in [0.717, 1.165) is 21.1 Å². The summed E-state index contributed by atoms with van der Waals surface area (Å²) in [7, 11) is -4.67. The first-order valence-corrected chi connectivity index (χ1v) is 31.0. The number of aromatic nitrogens is 4. The Hall–Kier alpha value is -6.85. The Kier molecular flexibility index (Phi) is 29.0. The number of hydrogen-bond acceptors (Lipinski definition) is 19. The van der Waals surface area contributed by atoms with Crippen LogP contribution in [0.3, 0.4) is 0 Å². The van der Waals surface area contributed by atoms with Gasteiger partial charge < -0.3 is 50.1 Å². The molecule has 0 radical (unpaired) electrons. The molecule has 0 spiro atoms. The summed E-state index contributed by atoms with van der Waals surface area (Å²) in [6.07, 6.45) is 1.16. The molecule has 0 aliphatic heterocycles. The van der Waals surface area contributed by atoms with Crippen LogP contribution in [-0.4, -0.2) is 180 Å². The maximum Gasteiger partial charge on any atom is 2.00 e. The van der Waals surface area contributed by atoms with Crippen molar-refractivity contribution in [3.05, 3.63) is 160 Å². The second kappa shape index (κ2) is 33.8. The Morgan fingerprint density at radius 1 is 0.607 bits per heavy atom. The predicted molar refractivity (Wildman–Crippen MR) is 330 cm³/mol. The number of sulfonamides is 2. The van der Waals surface area contributed by atoms with Crippen molar-refractivity contribution >= 4 is 117 Å². The molecule has 4 aromatic carbocycles.